The summed E-state index contributed by atoms with van der Waals surface area (Å²) in [5, 5.41) is 10.4. The van der Waals surface area contributed by atoms with Gasteiger partial charge < -0.3 is 29.6 Å². The zero-order valence-electron chi connectivity index (χ0n) is 22.6. The van der Waals surface area contributed by atoms with Gasteiger partial charge in [0.15, 0.2) is 17.4 Å². The van der Waals surface area contributed by atoms with E-state index >= 15 is 4.39 Å². The average Bonchev–Trinajstić information content (AvgIpc) is 3.41. The molecule has 1 aliphatic rings. The number of nitrogens with one attached hydrogen (secondary N) is 1. The number of imidazole rings is 1. The van der Waals surface area contributed by atoms with Crippen LogP contribution in [0.15, 0.2) is 36.7 Å². The van der Waals surface area contributed by atoms with E-state index in [9.17, 15) is 14.5 Å². The molecule has 14 nitrogen and oxygen atoms in total. The minimum atomic E-state index is -4.34. The van der Waals surface area contributed by atoms with Crippen molar-refractivity contribution in [2.75, 3.05) is 18.9 Å². The van der Waals surface area contributed by atoms with E-state index < -0.39 is 56.0 Å². The number of aliphatic hydroxyl groups excluding tert-OH is 1. The highest BCUT2D eigenvalue weighted by molar-refractivity contribution is 7.52. The SMILES string of the molecule is CCOc1nc(N)nc2c1ncn2[C@@H]1O[C@H](CO[P@@](=O)(N[C@H](C)C(=O)OC(C)C)Oc2ccccc2)[C@@H](O)[C@]1(F)Cl. The Kier molecular flexibility index (Phi) is 9.36. The number of benzene rings is 1. The van der Waals surface area contributed by atoms with Gasteiger partial charge >= 0.3 is 13.7 Å². The van der Waals surface area contributed by atoms with Crippen molar-refractivity contribution in [1.29, 1.82) is 0 Å². The van der Waals surface area contributed by atoms with Gasteiger partial charge in [0.1, 0.15) is 24.0 Å². The van der Waals surface area contributed by atoms with Crippen LogP contribution >= 0.6 is 19.3 Å². The van der Waals surface area contributed by atoms with Gasteiger partial charge in [-0.15, -0.1) is 0 Å². The standard InChI is InChI=1S/C24H31ClFN6O8P/c1-5-36-20-17-19(29-23(27)30-20)32(12-28-17)22-24(25,26)18(33)16(39-22)11-37-41(35,40-15-9-7-6-8-10-15)31-14(4)21(34)38-13(2)3/h6-10,12-14,16,18,22,33H,5,11H2,1-4H3,(H,31,35)(H2,27,29,30)/t14-,16-,18-,22-,24-,41+/m1/s1. The van der Waals surface area contributed by atoms with Gasteiger partial charge in [0, 0.05) is 0 Å². The number of carbonyl (C=O) groups is 1. The van der Waals surface area contributed by atoms with Crippen molar-refractivity contribution < 1.29 is 42.1 Å². The molecule has 41 heavy (non-hydrogen) atoms. The van der Waals surface area contributed by atoms with E-state index in [0.29, 0.717) is 0 Å². The third kappa shape index (κ3) is 6.88. The number of hydrogen-bond acceptors (Lipinski definition) is 12. The summed E-state index contributed by atoms with van der Waals surface area (Å²) in [5.41, 5.74) is 5.99. The quantitative estimate of drug-likeness (QED) is 0.153. The number of halogens is 2. The molecular formula is C24H31ClFN6O8P. The minimum absolute atomic E-state index is 0.0413. The highest BCUT2D eigenvalue weighted by Crippen LogP contribution is 2.49. The van der Waals surface area contributed by atoms with Crippen molar-refractivity contribution in [2.24, 2.45) is 0 Å². The summed E-state index contributed by atoms with van der Waals surface area (Å²) in [6.07, 6.45) is -4.31. The van der Waals surface area contributed by atoms with Gasteiger partial charge in [-0.3, -0.25) is 13.9 Å². The summed E-state index contributed by atoms with van der Waals surface area (Å²) in [7, 11) is -4.34. The number of esters is 1. The molecule has 6 atom stereocenters. The van der Waals surface area contributed by atoms with Crippen LogP contribution in [0.3, 0.4) is 0 Å². The summed E-state index contributed by atoms with van der Waals surface area (Å²) < 4.78 is 58.1. The molecule has 2 aromatic heterocycles. The molecule has 224 valence electrons. The zero-order chi connectivity index (χ0) is 29.9. The summed E-state index contributed by atoms with van der Waals surface area (Å²) in [4.78, 5) is 24.6. The molecule has 4 N–H and O–H groups in total. The van der Waals surface area contributed by atoms with Gasteiger partial charge in [0.25, 0.3) is 5.13 Å². The van der Waals surface area contributed by atoms with Crippen LogP contribution in [-0.4, -0.2) is 73.3 Å². The first kappa shape index (κ1) is 30.9. The highest BCUT2D eigenvalue weighted by Gasteiger charge is 2.58. The smallest absolute Gasteiger partial charge is 0.459 e. The first-order valence-electron chi connectivity index (χ1n) is 12.7. The van der Waals surface area contributed by atoms with Crippen LogP contribution in [-0.2, 0) is 23.4 Å². The van der Waals surface area contributed by atoms with Gasteiger partial charge in [-0.25, -0.2) is 13.9 Å². The number of nitrogens with zero attached hydrogens (tertiary/aromatic N) is 4. The molecule has 0 radical (unpaired) electrons. The topological polar surface area (TPSA) is 182 Å². The number of carbonyl (C=O) groups excluding carboxylic acids is 1. The van der Waals surface area contributed by atoms with Crippen LogP contribution in [0.5, 0.6) is 11.6 Å². The maximum Gasteiger partial charge on any atom is 0.459 e. The van der Waals surface area contributed by atoms with Crippen LogP contribution in [0.25, 0.3) is 11.2 Å². The van der Waals surface area contributed by atoms with Gasteiger partial charge in [-0.1, -0.05) is 29.8 Å². The number of aromatic nitrogens is 4. The normalized spacial score (nSPS) is 24.7. The molecule has 1 aliphatic heterocycles. The average molecular weight is 617 g/mol. The van der Waals surface area contributed by atoms with Gasteiger partial charge in [0.2, 0.25) is 11.8 Å². The lowest BCUT2D eigenvalue weighted by Crippen LogP contribution is -2.40. The van der Waals surface area contributed by atoms with E-state index in [1.807, 2.05) is 0 Å². The van der Waals surface area contributed by atoms with E-state index in [4.69, 9.17) is 40.6 Å². The van der Waals surface area contributed by atoms with E-state index in [0.717, 1.165) is 4.57 Å². The minimum Gasteiger partial charge on any atom is -0.476 e. The monoisotopic (exact) mass is 616 g/mol. The second-order valence-electron chi connectivity index (χ2n) is 9.32. The number of rotatable bonds is 12. The van der Waals surface area contributed by atoms with Gasteiger partial charge in [0.05, 0.1) is 25.6 Å². The Morgan fingerprint density at radius 1 is 1.32 bits per heavy atom. The van der Waals surface area contributed by atoms with E-state index in [-0.39, 0.29) is 35.3 Å². The van der Waals surface area contributed by atoms with Crippen LogP contribution in [0, 0.1) is 0 Å². The fraction of sp³-hybridized carbons (Fsp3) is 0.500. The number of hydrogen-bond donors (Lipinski definition) is 3. The number of para-hydroxylation sites is 1. The maximum absolute atomic E-state index is 15.8. The lowest BCUT2D eigenvalue weighted by atomic mass is 10.1. The number of nitrogen functional groups attached to an aromatic ring is 1. The summed E-state index contributed by atoms with van der Waals surface area (Å²) in [6.45, 7) is 6.06. The molecule has 0 amide bonds. The van der Waals surface area contributed by atoms with Crippen molar-refractivity contribution in [2.45, 2.75) is 63.4 Å². The summed E-state index contributed by atoms with van der Waals surface area (Å²) in [5.74, 6) is -0.652. The van der Waals surface area contributed by atoms with E-state index in [2.05, 4.69) is 20.0 Å². The lowest BCUT2D eigenvalue weighted by molar-refractivity contribution is -0.149. The largest absolute Gasteiger partial charge is 0.476 e. The molecule has 17 heteroatoms. The van der Waals surface area contributed by atoms with Crippen LogP contribution in [0.4, 0.5) is 10.3 Å². The molecule has 3 heterocycles. The summed E-state index contributed by atoms with van der Waals surface area (Å²) >= 11 is 6.14. The molecule has 0 bridgehead atoms. The molecule has 0 spiro atoms. The lowest BCUT2D eigenvalue weighted by Gasteiger charge is -2.25. The van der Waals surface area contributed by atoms with E-state index in [1.54, 1.807) is 39.0 Å². The summed E-state index contributed by atoms with van der Waals surface area (Å²) in [6, 6.07) is 6.91. The molecule has 1 aromatic carbocycles. The van der Waals surface area contributed by atoms with Crippen molar-refractivity contribution in [3.8, 4) is 11.6 Å². The Labute approximate surface area is 239 Å². The fourth-order valence-corrected chi connectivity index (χ4v) is 5.73. The van der Waals surface area contributed by atoms with Gasteiger partial charge in [-0.2, -0.15) is 15.1 Å². The number of anilines is 1. The number of aliphatic hydroxyl groups is 1. The first-order chi connectivity index (χ1) is 19.3. The third-order valence-electron chi connectivity index (χ3n) is 5.75. The van der Waals surface area contributed by atoms with Crippen molar-refractivity contribution in [3.63, 3.8) is 0 Å². The molecule has 1 fully saturated rings. The predicted molar refractivity (Wildman–Crippen MR) is 145 cm³/mol. The fourth-order valence-electron chi connectivity index (χ4n) is 3.93. The number of ether oxygens (including phenoxy) is 3. The molecule has 1 saturated heterocycles. The molecule has 0 aliphatic carbocycles. The Morgan fingerprint density at radius 2 is 2.02 bits per heavy atom. The molecular weight excluding hydrogens is 586 g/mol. The van der Waals surface area contributed by atoms with Crippen molar-refractivity contribution in [3.05, 3.63) is 36.7 Å². The van der Waals surface area contributed by atoms with Crippen LogP contribution in [0.1, 0.15) is 33.9 Å². The second-order valence-corrected chi connectivity index (χ2v) is 11.6. The Bertz CT molecular complexity index is 1410. The molecule has 4 rings (SSSR count). The van der Waals surface area contributed by atoms with Crippen molar-refractivity contribution in [1.82, 2.24) is 24.6 Å². The molecule has 0 unspecified atom stereocenters. The second kappa shape index (κ2) is 12.4. The van der Waals surface area contributed by atoms with E-state index in [1.165, 1.54) is 25.4 Å². The Balaban J connectivity index is 1.56. The zero-order valence-corrected chi connectivity index (χ0v) is 24.3. The molecule has 3 aromatic rings. The third-order valence-corrected chi connectivity index (χ3v) is 7.81. The Morgan fingerprint density at radius 3 is 2.68 bits per heavy atom. The maximum atomic E-state index is 15.8. The number of fused-ring (bicyclic) bond motifs is 1. The van der Waals surface area contributed by atoms with Crippen LogP contribution < -0.4 is 20.1 Å². The van der Waals surface area contributed by atoms with Crippen molar-refractivity contribution >= 4 is 42.4 Å². The highest BCUT2D eigenvalue weighted by atomic mass is 35.5. The van der Waals surface area contributed by atoms with Gasteiger partial charge in [-0.05, 0) is 39.8 Å². The predicted octanol–water partition coefficient (Wildman–Crippen LogP) is 3.10. The number of alkyl halides is 2. The molecule has 0 saturated carbocycles. The first-order valence-corrected chi connectivity index (χ1v) is 14.6. The number of nitrogens with two attached hydrogens (primary N) is 1. The Hall–Kier alpha value is -3.07. The van der Waals surface area contributed by atoms with Crippen LogP contribution in [0.2, 0.25) is 0 Å².